The number of halogens is 5. The molecule has 4 heterocycles. The molecule has 92 heavy (non-hydrogen) atoms. The van der Waals surface area contributed by atoms with Crippen LogP contribution in [0.5, 0.6) is 11.5 Å². The molecule has 25 heteroatoms. The number of hydrogen-bond donors (Lipinski definition) is 0. The Hall–Kier alpha value is -5.75. The summed E-state index contributed by atoms with van der Waals surface area (Å²) in [6, 6.07) is 18.2. The monoisotopic (exact) mass is 1440 g/mol. The number of hydrogen-bond acceptors (Lipinski definition) is 19. The van der Waals surface area contributed by atoms with Crippen molar-refractivity contribution in [2.45, 2.75) is 180 Å². The second-order valence-electron chi connectivity index (χ2n) is 24.9. The summed E-state index contributed by atoms with van der Waals surface area (Å²) in [6.45, 7) is 14.1. The number of esters is 2. The van der Waals surface area contributed by atoms with Gasteiger partial charge in [0, 0.05) is 60.3 Å². The third kappa shape index (κ3) is 16.7. The molecule has 492 valence electrons. The number of rotatable bonds is 19. The summed E-state index contributed by atoms with van der Waals surface area (Å²) in [7, 11) is 6.60. The number of thiazole rings is 2. The highest BCUT2D eigenvalue weighted by Gasteiger charge is 2.38. The largest absolute Gasteiger partial charge is 0.489 e. The Balaban J connectivity index is 0.000000163. The first-order valence-corrected chi connectivity index (χ1v) is 34.6. The van der Waals surface area contributed by atoms with Gasteiger partial charge in [-0.2, -0.15) is 0 Å². The lowest BCUT2D eigenvalue weighted by Gasteiger charge is -2.28. The average Bonchev–Trinajstić information content (AvgIpc) is 1.67. The van der Waals surface area contributed by atoms with Crippen molar-refractivity contribution in [1.29, 1.82) is 0 Å². The minimum absolute atomic E-state index is 0.0153. The number of methoxy groups -OCH3 is 2. The minimum Gasteiger partial charge on any atom is -0.489 e. The van der Waals surface area contributed by atoms with E-state index in [1.54, 1.807) is 53.6 Å². The highest BCUT2D eigenvalue weighted by Crippen LogP contribution is 2.49. The first kappa shape index (κ1) is 69.1. The molecule has 4 saturated carbocycles. The number of benzene rings is 4. The zero-order chi connectivity index (χ0) is 65.9. The van der Waals surface area contributed by atoms with Crippen LogP contribution in [-0.4, -0.2) is 114 Å². The molecule has 0 spiro atoms. The number of anilines is 1. The molecular formula is C67H75BrCl4N6O12S2. The molecule has 18 nitrogen and oxygen atoms in total. The van der Waals surface area contributed by atoms with Crippen molar-refractivity contribution >= 4 is 129 Å². The van der Waals surface area contributed by atoms with E-state index in [1.807, 2.05) is 78.8 Å². The lowest BCUT2D eigenvalue weighted by Crippen LogP contribution is -2.39. The molecule has 0 N–H and O–H groups in total. The predicted octanol–water partition coefficient (Wildman–Crippen LogP) is 18.7. The van der Waals surface area contributed by atoms with E-state index < -0.39 is 11.6 Å². The number of carbonyl (C=O) groups is 3. The number of nitrogens with zero attached hydrogens (tertiary/aromatic N) is 6. The van der Waals surface area contributed by atoms with Crippen LogP contribution < -0.4 is 14.4 Å². The fraction of sp³-hybridized carbons (Fsp3) is 0.478. The number of ether oxygens (including phenoxy) is 7. The van der Waals surface area contributed by atoms with Crippen LogP contribution in [0.3, 0.4) is 0 Å². The minimum atomic E-state index is -0.510. The van der Waals surface area contributed by atoms with Gasteiger partial charge in [0.2, 0.25) is 0 Å². The number of aromatic nitrogens is 4. The van der Waals surface area contributed by atoms with Crippen molar-refractivity contribution < 1.29 is 56.6 Å². The van der Waals surface area contributed by atoms with Gasteiger partial charge in [0.15, 0.2) is 9.05 Å². The molecule has 8 aromatic rings. The second kappa shape index (κ2) is 29.9. The van der Waals surface area contributed by atoms with Crippen molar-refractivity contribution in [3.63, 3.8) is 0 Å². The van der Waals surface area contributed by atoms with Gasteiger partial charge in [0.25, 0.3) is 0 Å². The van der Waals surface area contributed by atoms with Crippen LogP contribution in [0.4, 0.5) is 9.93 Å². The summed E-state index contributed by atoms with van der Waals surface area (Å²) in [5.41, 5.74) is 6.46. The highest BCUT2D eigenvalue weighted by molar-refractivity contribution is 9.11. The molecule has 12 rings (SSSR count). The standard InChI is InChI=1S/C31H33Cl2N3O5S.C24H30Cl2N2O4.C12H12BrNO3S/c1-16(2)40-24-12-18(30(37)38-4)13-25-28(24)34-31(42-25)36(3)19-10-11-20(14-19)39-15-21-27(35-41-29(21)17-8-9-17)26-22(32)6-5-7-23(26)33;1-24(2,3)31-23(29)28(4)15-10-11-16(12-15)30-13-17-21(27-32-22(17)14-8-9-14)20-18(25)6-5-7-19(20)26;1-6(2)17-8-4-7(11(15)16-3)5-9-10(8)14-12(13)18-9/h5-7,12-13,16-17,19-20H,8-11,14-15H2,1-4H3;5-7,14-16H,8-13H2,1-4H3;4-6H,1-3H3/t19-,20+;15-,16+;/m11./s1. The van der Waals surface area contributed by atoms with Gasteiger partial charge >= 0.3 is 18.0 Å². The normalized spacial score (nSPS) is 18.0. The molecule has 0 bridgehead atoms. The molecule has 0 radical (unpaired) electrons. The van der Waals surface area contributed by atoms with Crippen LogP contribution in [-0.2, 0) is 36.9 Å². The summed E-state index contributed by atoms with van der Waals surface area (Å²) in [5.74, 6) is 2.91. The lowest BCUT2D eigenvalue weighted by molar-refractivity contribution is 0.0167. The smallest absolute Gasteiger partial charge is 0.410 e. The summed E-state index contributed by atoms with van der Waals surface area (Å²) in [4.78, 5) is 49.5. The van der Waals surface area contributed by atoms with Gasteiger partial charge in [0.05, 0.1) is 92.5 Å². The van der Waals surface area contributed by atoms with Crippen molar-refractivity contribution in [2.75, 3.05) is 33.2 Å². The van der Waals surface area contributed by atoms with E-state index in [-0.39, 0.29) is 48.6 Å². The van der Waals surface area contributed by atoms with Crippen molar-refractivity contribution in [2.24, 2.45) is 0 Å². The fourth-order valence-corrected chi connectivity index (χ4v) is 14.9. The van der Waals surface area contributed by atoms with Crippen molar-refractivity contribution in [3.8, 4) is 34.0 Å². The topological polar surface area (TPSA) is 200 Å². The van der Waals surface area contributed by atoms with Gasteiger partial charge in [-0.1, -0.05) is 80.2 Å². The summed E-state index contributed by atoms with van der Waals surface area (Å²) >= 11 is 32.3. The molecule has 4 atom stereocenters. The predicted molar refractivity (Wildman–Crippen MR) is 364 cm³/mol. The van der Waals surface area contributed by atoms with Crippen LogP contribution >= 0.6 is 85.0 Å². The fourth-order valence-electron chi connectivity index (χ4n) is 11.2. The molecule has 4 aromatic carbocycles. The van der Waals surface area contributed by atoms with Crippen molar-refractivity contribution in [3.05, 3.63) is 118 Å². The summed E-state index contributed by atoms with van der Waals surface area (Å²) < 4.78 is 53.8. The van der Waals surface area contributed by atoms with Gasteiger partial charge in [-0.05, 0) is 177 Å². The molecule has 0 aliphatic heterocycles. The molecule has 0 saturated heterocycles. The van der Waals surface area contributed by atoms with Crippen LogP contribution in [0.1, 0.15) is 168 Å². The molecular weight excluding hydrogens is 1370 g/mol. The lowest BCUT2D eigenvalue weighted by atomic mass is 10.0. The van der Waals surface area contributed by atoms with Crippen LogP contribution in [0.2, 0.25) is 20.1 Å². The Labute approximate surface area is 571 Å². The van der Waals surface area contributed by atoms with E-state index in [0.29, 0.717) is 90.3 Å². The highest BCUT2D eigenvalue weighted by atomic mass is 79.9. The van der Waals surface area contributed by atoms with Gasteiger partial charge in [-0.3, -0.25) is 0 Å². The number of fused-ring (bicyclic) bond motifs is 2. The zero-order valence-electron chi connectivity index (χ0n) is 53.2. The Bertz CT molecular complexity index is 3910. The van der Waals surface area contributed by atoms with E-state index in [4.69, 9.17) is 93.6 Å². The Morgan fingerprint density at radius 3 is 1.50 bits per heavy atom. The maximum atomic E-state index is 12.4. The molecule has 0 unspecified atom stereocenters. The molecule has 4 aromatic heterocycles. The molecule has 4 aliphatic carbocycles. The van der Waals surface area contributed by atoms with E-state index in [9.17, 15) is 14.4 Å². The third-order valence-electron chi connectivity index (χ3n) is 16.1. The summed E-state index contributed by atoms with van der Waals surface area (Å²) in [5, 5.41) is 11.7. The van der Waals surface area contributed by atoms with E-state index >= 15 is 0 Å². The quantitative estimate of drug-likeness (QED) is 0.0546. The average molecular weight is 1440 g/mol. The molecule has 1 amide bonds. The number of carbonyl (C=O) groups excluding carboxylic acids is 3. The molecule has 4 aliphatic rings. The molecule has 4 fully saturated rings. The van der Waals surface area contributed by atoms with Gasteiger partial charge < -0.3 is 52.0 Å². The van der Waals surface area contributed by atoms with Gasteiger partial charge in [0.1, 0.15) is 51.0 Å². The van der Waals surface area contributed by atoms with Crippen molar-refractivity contribution in [1.82, 2.24) is 25.2 Å². The van der Waals surface area contributed by atoms with Crippen LogP contribution in [0.25, 0.3) is 42.9 Å². The first-order valence-electron chi connectivity index (χ1n) is 30.7. The zero-order valence-corrected chi connectivity index (χ0v) is 59.4. The Morgan fingerprint density at radius 2 is 1.07 bits per heavy atom. The summed E-state index contributed by atoms with van der Waals surface area (Å²) in [6.07, 6.45) is 9.42. The first-order chi connectivity index (χ1) is 43.9. The van der Waals surface area contributed by atoms with E-state index in [1.165, 1.54) is 25.6 Å². The number of amides is 1. The Morgan fingerprint density at radius 1 is 0.630 bits per heavy atom. The third-order valence-corrected chi connectivity index (χ3v) is 19.9. The van der Waals surface area contributed by atoms with E-state index in [2.05, 4.69) is 43.2 Å². The maximum absolute atomic E-state index is 12.4. The second-order valence-corrected chi connectivity index (χ2v) is 29.9. The van der Waals surface area contributed by atoms with Crippen LogP contribution in [0.15, 0.2) is 73.6 Å². The Kier molecular flexibility index (Phi) is 22.5. The van der Waals surface area contributed by atoms with Gasteiger partial charge in [-0.15, -0.1) is 11.3 Å². The van der Waals surface area contributed by atoms with Crippen LogP contribution in [0, 0.1) is 0 Å². The SMILES string of the molecule is CN(C(=O)OC(C)(C)C)[C@@H]1CC[C@H](OCc2c(-c3c(Cl)cccc3Cl)noc2C2CC2)C1.COC(=O)c1cc(OC(C)C)c2nc(Br)sc2c1.COC(=O)c1cc(OC(C)C)c2nc(N(C)[C@@H]3CC[C@H](OCc4c(-c5c(Cl)cccc5Cl)noc4C4CC4)C3)sc2c1. The van der Waals surface area contributed by atoms with Gasteiger partial charge in [-0.25, -0.2) is 24.4 Å². The van der Waals surface area contributed by atoms with E-state index in [0.717, 1.165) is 116 Å². The maximum Gasteiger partial charge on any atom is 0.410 e.